The van der Waals surface area contributed by atoms with Crippen LogP contribution in [0.4, 0.5) is 0 Å². The van der Waals surface area contributed by atoms with Crippen molar-refractivity contribution in [3.05, 3.63) is 0 Å². The lowest BCUT2D eigenvalue weighted by Crippen LogP contribution is -2.68. The van der Waals surface area contributed by atoms with Crippen molar-refractivity contribution in [3.8, 4) is 0 Å². The first-order chi connectivity index (χ1) is 9.58. The first kappa shape index (κ1) is 18.1. The summed E-state index contributed by atoms with van der Waals surface area (Å²) in [6.07, 6.45) is 4.97. The average molecular weight is 305 g/mol. The van der Waals surface area contributed by atoms with Gasteiger partial charge in [0.1, 0.15) is 5.22 Å². The summed E-state index contributed by atoms with van der Waals surface area (Å²) in [4.78, 5) is 0. The minimum atomic E-state index is -1.25. The summed E-state index contributed by atoms with van der Waals surface area (Å²) in [5, 5.41) is 9.68. The molecule has 1 aliphatic heterocycles. The van der Waals surface area contributed by atoms with Crippen molar-refractivity contribution in [2.75, 3.05) is 26.4 Å². The van der Waals surface area contributed by atoms with Gasteiger partial charge in [-0.15, -0.1) is 0 Å². The SMILES string of the molecule is CCCOC(CO)(OCCC)C1([SiH](C)C)CCCCO1. The zero-order valence-electron chi connectivity index (χ0n) is 13.6. The second-order valence-electron chi connectivity index (χ2n) is 5.96. The zero-order chi connectivity index (χ0) is 15.1. The molecule has 0 aliphatic carbocycles. The van der Waals surface area contributed by atoms with Crippen LogP contribution >= 0.6 is 0 Å². The predicted octanol–water partition coefficient (Wildman–Crippen LogP) is 2.49. The van der Waals surface area contributed by atoms with Crippen molar-refractivity contribution in [2.24, 2.45) is 0 Å². The van der Waals surface area contributed by atoms with Gasteiger partial charge in [-0.3, -0.25) is 0 Å². The van der Waals surface area contributed by atoms with E-state index in [2.05, 4.69) is 26.9 Å². The molecule has 0 aromatic carbocycles. The maximum atomic E-state index is 10.1. The topological polar surface area (TPSA) is 47.9 Å². The molecule has 0 radical (unpaired) electrons. The molecular formula is C15H32O4Si. The van der Waals surface area contributed by atoms with Gasteiger partial charge in [-0.05, 0) is 32.1 Å². The molecule has 4 nitrogen and oxygen atoms in total. The smallest absolute Gasteiger partial charge is 0.218 e. The molecule has 1 atom stereocenters. The maximum Gasteiger partial charge on any atom is 0.218 e. The Morgan fingerprint density at radius 2 is 1.75 bits per heavy atom. The lowest BCUT2D eigenvalue weighted by Gasteiger charge is -2.52. The summed E-state index contributed by atoms with van der Waals surface area (Å²) in [6, 6.07) is 0. The van der Waals surface area contributed by atoms with E-state index in [4.69, 9.17) is 14.2 Å². The molecular weight excluding hydrogens is 272 g/mol. The van der Waals surface area contributed by atoms with Gasteiger partial charge < -0.3 is 19.3 Å². The fourth-order valence-corrected chi connectivity index (χ4v) is 5.43. The third-order valence-corrected chi connectivity index (χ3v) is 6.93. The number of hydrogen-bond donors (Lipinski definition) is 1. The van der Waals surface area contributed by atoms with Crippen molar-refractivity contribution < 1.29 is 19.3 Å². The van der Waals surface area contributed by atoms with Crippen molar-refractivity contribution in [3.63, 3.8) is 0 Å². The van der Waals surface area contributed by atoms with Gasteiger partial charge in [0.2, 0.25) is 5.79 Å². The molecule has 1 rings (SSSR count). The molecule has 0 aromatic heterocycles. The highest BCUT2D eigenvalue weighted by atomic mass is 28.3. The Hall–Kier alpha value is 0.0569. The van der Waals surface area contributed by atoms with E-state index in [-0.39, 0.29) is 6.61 Å². The summed E-state index contributed by atoms with van der Waals surface area (Å²) in [5.74, 6) is -0.972. The number of aliphatic hydroxyl groups is 1. The normalized spacial score (nSPS) is 24.3. The second kappa shape index (κ2) is 8.49. The van der Waals surface area contributed by atoms with E-state index in [1.807, 2.05) is 0 Å². The minimum Gasteiger partial charge on any atom is -0.391 e. The summed E-state index contributed by atoms with van der Waals surface area (Å²) < 4.78 is 18.4. The maximum absolute atomic E-state index is 10.1. The molecule has 20 heavy (non-hydrogen) atoms. The van der Waals surface area contributed by atoms with Crippen molar-refractivity contribution in [2.45, 2.75) is 70.1 Å². The van der Waals surface area contributed by atoms with Crippen LogP contribution in [0.1, 0.15) is 46.0 Å². The third kappa shape index (κ3) is 3.63. The van der Waals surface area contributed by atoms with Crippen LogP contribution in [0.25, 0.3) is 0 Å². The van der Waals surface area contributed by atoms with Gasteiger partial charge in [-0.1, -0.05) is 26.9 Å². The van der Waals surface area contributed by atoms with Crippen LogP contribution in [0.3, 0.4) is 0 Å². The number of rotatable bonds is 9. The molecule has 1 saturated heterocycles. The molecule has 120 valence electrons. The van der Waals surface area contributed by atoms with Gasteiger partial charge in [-0.2, -0.15) is 0 Å². The van der Waals surface area contributed by atoms with Crippen LogP contribution in [0, 0.1) is 0 Å². The summed E-state index contributed by atoms with van der Waals surface area (Å²) in [6.45, 7) is 10.5. The number of ether oxygens (including phenoxy) is 3. The number of hydrogen-bond acceptors (Lipinski definition) is 4. The van der Waals surface area contributed by atoms with E-state index >= 15 is 0 Å². The van der Waals surface area contributed by atoms with Gasteiger partial charge in [0, 0.05) is 19.8 Å². The lowest BCUT2D eigenvalue weighted by molar-refractivity contribution is -0.328. The predicted molar refractivity (Wildman–Crippen MR) is 83.7 cm³/mol. The molecule has 1 fully saturated rings. The summed E-state index contributed by atoms with van der Waals surface area (Å²) >= 11 is 0. The Kier molecular flexibility index (Phi) is 7.68. The molecule has 0 bridgehead atoms. The fraction of sp³-hybridized carbons (Fsp3) is 1.00. The van der Waals surface area contributed by atoms with Crippen LogP contribution in [0.5, 0.6) is 0 Å². The van der Waals surface area contributed by atoms with E-state index in [0.29, 0.717) is 13.2 Å². The molecule has 0 aromatic rings. The Bertz CT molecular complexity index is 257. The van der Waals surface area contributed by atoms with E-state index in [1.54, 1.807) is 0 Å². The van der Waals surface area contributed by atoms with Crippen molar-refractivity contribution in [1.29, 1.82) is 0 Å². The molecule has 1 N–H and O–H groups in total. The van der Waals surface area contributed by atoms with E-state index in [1.165, 1.54) is 0 Å². The van der Waals surface area contributed by atoms with Crippen molar-refractivity contribution in [1.82, 2.24) is 0 Å². The number of aliphatic hydroxyl groups excluding tert-OH is 1. The first-order valence-electron chi connectivity index (χ1n) is 8.11. The minimum absolute atomic E-state index is 0.127. The van der Waals surface area contributed by atoms with E-state index < -0.39 is 19.8 Å². The van der Waals surface area contributed by atoms with E-state index in [9.17, 15) is 5.11 Å². The molecule has 1 aliphatic rings. The molecule has 5 heteroatoms. The van der Waals surface area contributed by atoms with Crippen LogP contribution in [-0.4, -0.2) is 51.3 Å². The molecule has 0 amide bonds. The van der Waals surface area contributed by atoms with Crippen LogP contribution in [0.15, 0.2) is 0 Å². The highest BCUT2D eigenvalue weighted by Gasteiger charge is 2.57. The fourth-order valence-electron chi connectivity index (χ4n) is 3.06. The summed E-state index contributed by atoms with van der Waals surface area (Å²) in [7, 11) is -1.25. The van der Waals surface area contributed by atoms with Gasteiger partial charge in [0.25, 0.3) is 0 Å². The van der Waals surface area contributed by atoms with Gasteiger partial charge in [0.05, 0.1) is 15.4 Å². The molecule has 1 heterocycles. The molecule has 0 spiro atoms. The Morgan fingerprint density at radius 1 is 1.15 bits per heavy atom. The summed E-state index contributed by atoms with van der Waals surface area (Å²) in [5.41, 5.74) is 0. The standard InChI is InChI=1S/C15H32O4Si/c1-5-10-17-14(13-16,18-11-6-2)15(20(3)4)9-7-8-12-19-15/h16,20H,5-13H2,1-4H3. The van der Waals surface area contributed by atoms with Gasteiger partial charge >= 0.3 is 0 Å². The lowest BCUT2D eigenvalue weighted by atomic mass is 9.99. The average Bonchev–Trinajstić information content (AvgIpc) is 2.48. The van der Waals surface area contributed by atoms with E-state index in [0.717, 1.165) is 38.7 Å². The Labute approximate surface area is 125 Å². The van der Waals surface area contributed by atoms with Crippen LogP contribution in [-0.2, 0) is 14.2 Å². The second-order valence-corrected chi connectivity index (χ2v) is 9.20. The zero-order valence-corrected chi connectivity index (χ0v) is 14.8. The van der Waals surface area contributed by atoms with Crippen molar-refractivity contribution >= 4 is 8.80 Å². The third-order valence-electron chi connectivity index (χ3n) is 4.17. The Balaban J connectivity index is 3.06. The first-order valence-corrected chi connectivity index (χ1v) is 11.0. The highest BCUT2D eigenvalue weighted by Crippen LogP contribution is 2.41. The van der Waals surface area contributed by atoms with Gasteiger partial charge in [0.15, 0.2) is 0 Å². The monoisotopic (exact) mass is 304 g/mol. The highest BCUT2D eigenvalue weighted by molar-refractivity contribution is 6.59. The van der Waals surface area contributed by atoms with Gasteiger partial charge in [-0.25, -0.2) is 0 Å². The van der Waals surface area contributed by atoms with Crippen LogP contribution in [0.2, 0.25) is 13.1 Å². The molecule has 1 unspecified atom stereocenters. The quantitative estimate of drug-likeness (QED) is 0.525. The largest absolute Gasteiger partial charge is 0.391 e. The van der Waals surface area contributed by atoms with Crippen LogP contribution < -0.4 is 0 Å². The Morgan fingerprint density at radius 3 is 2.10 bits per heavy atom. The molecule has 0 saturated carbocycles.